The molecule has 1 amide bonds. The third-order valence-corrected chi connectivity index (χ3v) is 5.82. The first-order valence-electron chi connectivity index (χ1n) is 8.97. The normalized spacial score (nSPS) is 21.8. The summed E-state index contributed by atoms with van der Waals surface area (Å²) in [6, 6.07) is 2.11. The largest absolute Gasteiger partial charge is 0.508 e. The van der Waals surface area contributed by atoms with Crippen molar-refractivity contribution in [2.45, 2.75) is 31.7 Å². The second kappa shape index (κ2) is 9.59. The molecule has 1 saturated heterocycles. The second-order valence-corrected chi connectivity index (χ2v) is 7.95. The Hall–Kier alpha value is -1.75. The van der Waals surface area contributed by atoms with Gasteiger partial charge in [-0.2, -0.15) is 13.2 Å². The van der Waals surface area contributed by atoms with E-state index in [1.54, 1.807) is 6.92 Å². The van der Waals surface area contributed by atoms with Crippen LogP contribution in [0.15, 0.2) is 12.1 Å². The Morgan fingerprint density at radius 1 is 1.33 bits per heavy atom. The van der Waals surface area contributed by atoms with Crippen LogP contribution in [0, 0.1) is 11.8 Å². The Balaban J connectivity index is 2.08. The van der Waals surface area contributed by atoms with Gasteiger partial charge in [-0.1, -0.05) is 30.1 Å². The highest BCUT2D eigenvalue weighted by molar-refractivity contribution is 6.42. The number of esters is 1. The first kappa shape index (κ1) is 24.5. The molecule has 0 spiro atoms. The van der Waals surface area contributed by atoms with Crippen molar-refractivity contribution in [1.29, 1.82) is 0 Å². The number of aliphatic hydroxyl groups is 1. The van der Waals surface area contributed by atoms with Gasteiger partial charge in [0, 0.05) is 30.8 Å². The quantitative estimate of drug-likeness (QED) is 0.567. The van der Waals surface area contributed by atoms with Gasteiger partial charge in [-0.25, -0.2) is 4.79 Å². The lowest BCUT2D eigenvalue weighted by molar-refractivity contribution is -0.208. The van der Waals surface area contributed by atoms with Gasteiger partial charge in [0.1, 0.15) is 5.75 Å². The van der Waals surface area contributed by atoms with Gasteiger partial charge in [-0.15, -0.1) is 0 Å². The van der Waals surface area contributed by atoms with Crippen LogP contribution in [0.1, 0.15) is 24.9 Å². The summed E-state index contributed by atoms with van der Waals surface area (Å²) in [5, 5.41) is 19.7. The molecular formula is C18H21Cl2F3N2O5. The number of alkyl halides is 3. The average molecular weight is 473 g/mol. The van der Waals surface area contributed by atoms with Crippen molar-refractivity contribution in [2.75, 3.05) is 19.7 Å². The van der Waals surface area contributed by atoms with Crippen LogP contribution in [0.5, 0.6) is 5.75 Å². The molecule has 4 N–H and O–H groups in total. The molecule has 30 heavy (non-hydrogen) atoms. The average Bonchev–Trinajstić information content (AvgIpc) is 2.66. The molecule has 4 atom stereocenters. The number of ether oxygens (including phenoxy) is 1. The van der Waals surface area contributed by atoms with E-state index in [2.05, 4.69) is 4.74 Å². The smallest absolute Gasteiger partial charge is 0.490 e. The summed E-state index contributed by atoms with van der Waals surface area (Å²) in [6.07, 6.45) is -6.86. The molecule has 12 heteroatoms. The van der Waals surface area contributed by atoms with Crippen molar-refractivity contribution in [3.63, 3.8) is 0 Å². The number of piperidine rings is 1. The van der Waals surface area contributed by atoms with Crippen molar-refractivity contribution in [3.8, 4) is 5.75 Å². The third-order valence-electron chi connectivity index (χ3n) is 5.10. The number of likely N-dealkylation sites (tertiary alicyclic amines) is 1. The molecule has 1 aliphatic heterocycles. The standard InChI is InChI=1S/C18H21Cl2F3N2O5/c1-8-6-25(16(28)14(7-26)30-17(29)18(21,22)23)3-2-9(8)15(24)10-4-11(19)12(20)5-13(10)27/h4-5,8-9,14-15,26-27H,2-3,6-7,24H2,1H3/t8-,9+,14+,15+/m0/s1. The molecular weight excluding hydrogens is 452 g/mol. The van der Waals surface area contributed by atoms with E-state index in [0.717, 1.165) is 0 Å². The molecule has 0 saturated carbocycles. The number of hydrogen-bond donors (Lipinski definition) is 3. The molecule has 0 radical (unpaired) electrons. The van der Waals surface area contributed by atoms with Gasteiger partial charge in [0.15, 0.2) is 0 Å². The van der Waals surface area contributed by atoms with E-state index in [0.29, 0.717) is 12.0 Å². The van der Waals surface area contributed by atoms with E-state index < -0.39 is 36.8 Å². The predicted octanol–water partition coefficient (Wildman–Crippen LogP) is 2.65. The van der Waals surface area contributed by atoms with Gasteiger partial charge in [-0.05, 0) is 24.3 Å². The Kier molecular flexibility index (Phi) is 7.84. The van der Waals surface area contributed by atoms with E-state index in [9.17, 15) is 33.0 Å². The number of rotatable bonds is 5. The number of phenolic OH excluding ortho intramolecular Hbond substituents is 1. The van der Waals surface area contributed by atoms with E-state index >= 15 is 0 Å². The van der Waals surface area contributed by atoms with Crippen LogP contribution in [-0.2, 0) is 14.3 Å². The molecule has 7 nitrogen and oxygen atoms in total. The zero-order valence-electron chi connectivity index (χ0n) is 15.8. The van der Waals surface area contributed by atoms with Gasteiger partial charge >= 0.3 is 12.1 Å². The molecule has 1 aromatic carbocycles. The van der Waals surface area contributed by atoms with E-state index in [4.69, 9.17) is 28.9 Å². The molecule has 1 fully saturated rings. The fraction of sp³-hybridized carbons (Fsp3) is 0.556. The number of aromatic hydroxyl groups is 1. The number of carbonyl (C=O) groups excluding carboxylic acids is 2. The number of carbonyl (C=O) groups is 2. The van der Waals surface area contributed by atoms with Gasteiger partial charge in [-0.3, -0.25) is 4.79 Å². The van der Waals surface area contributed by atoms with Crippen molar-refractivity contribution in [1.82, 2.24) is 4.90 Å². The highest BCUT2D eigenvalue weighted by Crippen LogP contribution is 2.39. The van der Waals surface area contributed by atoms with Crippen molar-refractivity contribution >= 4 is 35.1 Å². The van der Waals surface area contributed by atoms with Gasteiger partial charge < -0.3 is 25.6 Å². The van der Waals surface area contributed by atoms with E-state index in [1.807, 2.05) is 0 Å². The summed E-state index contributed by atoms with van der Waals surface area (Å²) >= 11 is 11.9. The van der Waals surface area contributed by atoms with Gasteiger partial charge in [0.05, 0.1) is 16.7 Å². The maximum Gasteiger partial charge on any atom is 0.490 e. The minimum Gasteiger partial charge on any atom is -0.508 e. The Morgan fingerprint density at radius 2 is 1.93 bits per heavy atom. The molecule has 168 valence electrons. The summed E-state index contributed by atoms with van der Waals surface area (Å²) in [7, 11) is 0. The highest BCUT2D eigenvalue weighted by Gasteiger charge is 2.44. The Labute approximate surface area is 180 Å². The fourth-order valence-electron chi connectivity index (χ4n) is 3.51. The van der Waals surface area contributed by atoms with Crippen LogP contribution in [0.4, 0.5) is 13.2 Å². The van der Waals surface area contributed by atoms with Gasteiger partial charge in [0.25, 0.3) is 5.91 Å². The van der Waals surface area contributed by atoms with Gasteiger partial charge in [0.2, 0.25) is 6.10 Å². The van der Waals surface area contributed by atoms with Crippen LogP contribution in [0.2, 0.25) is 10.0 Å². The summed E-state index contributed by atoms with van der Waals surface area (Å²) in [4.78, 5) is 24.6. The number of benzene rings is 1. The van der Waals surface area contributed by atoms with Crippen LogP contribution >= 0.6 is 23.2 Å². The molecule has 2 rings (SSSR count). The summed E-state index contributed by atoms with van der Waals surface area (Å²) < 4.78 is 41.2. The first-order chi connectivity index (χ1) is 13.9. The zero-order valence-corrected chi connectivity index (χ0v) is 17.3. The molecule has 1 heterocycles. The van der Waals surface area contributed by atoms with Crippen molar-refractivity contribution < 1.29 is 37.7 Å². The highest BCUT2D eigenvalue weighted by atomic mass is 35.5. The van der Waals surface area contributed by atoms with Crippen LogP contribution in [0.3, 0.4) is 0 Å². The maximum atomic E-state index is 12.4. The second-order valence-electron chi connectivity index (χ2n) is 7.14. The van der Waals surface area contributed by atoms with Crippen molar-refractivity contribution in [2.24, 2.45) is 17.6 Å². The number of hydrogen-bond acceptors (Lipinski definition) is 6. The number of amides is 1. The Bertz CT molecular complexity index is 809. The minimum absolute atomic E-state index is 0.110. The predicted molar refractivity (Wildman–Crippen MR) is 102 cm³/mol. The van der Waals surface area contributed by atoms with E-state index in [1.165, 1.54) is 17.0 Å². The van der Waals surface area contributed by atoms with Crippen molar-refractivity contribution in [3.05, 3.63) is 27.7 Å². The minimum atomic E-state index is -5.28. The lowest BCUT2D eigenvalue weighted by atomic mass is 9.79. The molecule has 0 bridgehead atoms. The zero-order chi connectivity index (χ0) is 22.8. The fourth-order valence-corrected chi connectivity index (χ4v) is 3.84. The summed E-state index contributed by atoms with van der Waals surface area (Å²) in [6.45, 7) is 0.933. The molecule has 1 aliphatic rings. The lowest BCUT2D eigenvalue weighted by Crippen LogP contribution is -2.51. The molecule has 0 unspecified atom stereocenters. The number of nitrogens with zero attached hydrogens (tertiary/aromatic N) is 1. The Morgan fingerprint density at radius 3 is 2.47 bits per heavy atom. The topological polar surface area (TPSA) is 113 Å². The van der Waals surface area contributed by atoms with E-state index in [-0.39, 0.29) is 40.7 Å². The monoisotopic (exact) mass is 472 g/mol. The van der Waals surface area contributed by atoms with Crippen LogP contribution in [0.25, 0.3) is 0 Å². The summed E-state index contributed by atoms with van der Waals surface area (Å²) in [5.41, 5.74) is 6.68. The maximum absolute atomic E-state index is 12.4. The molecule has 0 aromatic heterocycles. The number of aliphatic hydroxyl groups excluding tert-OH is 1. The number of phenols is 1. The first-order valence-corrected chi connectivity index (χ1v) is 9.73. The van der Waals surface area contributed by atoms with Crippen LogP contribution in [-0.4, -0.2) is 59.0 Å². The SMILES string of the molecule is C[C@H]1CN(C(=O)[C@@H](CO)OC(=O)C(F)(F)F)CC[C@H]1[C@@H](N)c1cc(Cl)c(Cl)cc1O. The molecule has 0 aliphatic carbocycles. The molecule has 1 aromatic rings. The summed E-state index contributed by atoms with van der Waals surface area (Å²) in [5.74, 6) is -4.00. The number of nitrogens with two attached hydrogens (primary N) is 1. The van der Waals surface area contributed by atoms with Crippen LogP contribution < -0.4 is 5.73 Å². The third kappa shape index (κ3) is 5.48. The number of halogens is 5. The lowest BCUT2D eigenvalue weighted by Gasteiger charge is -2.40.